The molecule has 0 saturated heterocycles. The minimum absolute atomic E-state index is 0.257. The predicted octanol–water partition coefficient (Wildman–Crippen LogP) is 4.54. The van der Waals surface area contributed by atoms with Crippen LogP contribution in [-0.4, -0.2) is 34.2 Å². The van der Waals surface area contributed by atoms with Gasteiger partial charge in [-0.05, 0) is 25.1 Å². The van der Waals surface area contributed by atoms with Gasteiger partial charge in [0.1, 0.15) is 18.0 Å². The van der Waals surface area contributed by atoms with E-state index in [1.807, 2.05) is 67.6 Å². The number of nitrogens with one attached hydrogen (secondary N) is 3. The van der Waals surface area contributed by atoms with Crippen molar-refractivity contribution in [1.82, 2.24) is 16.2 Å². The Bertz CT molecular complexity index is 929. The zero-order valence-electron chi connectivity index (χ0n) is 16.7. The number of thiocarbonyl (C=S) groups is 2. The molecule has 0 bridgehead atoms. The number of hydrazone groups is 2. The number of alkyl halides is 3. The lowest BCUT2D eigenvalue weighted by molar-refractivity contribution is -0.122. The van der Waals surface area contributed by atoms with E-state index < -0.39 is 12.7 Å². The van der Waals surface area contributed by atoms with E-state index in [4.69, 9.17) is 24.4 Å². The molecule has 0 aliphatic heterocycles. The normalized spacial score (nSPS) is 12.3. The van der Waals surface area contributed by atoms with E-state index in [1.165, 1.54) is 0 Å². The van der Waals surface area contributed by atoms with E-state index in [2.05, 4.69) is 26.4 Å². The SMILES string of the molecule is CCCC(=S)NN=C(C(=NNC(=S)NCC(F)(F)F)c1ccccc1)c1ccccc1. The van der Waals surface area contributed by atoms with E-state index in [9.17, 15) is 13.2 Å². The molecule has 0 saturated carbocycles. The van der Waals surface area contributed by atoms with E-state index >= 15 is 0 Å². The molecule has 5 nitrogen and oxygen atoms in total. The molecular weight excluding hydrogens is 443 g/mol. The first-order valence-electron chi connectivity index (χ1n) is 9.46. The Balaban J connectivity index is 2.41. The van der Waals surface area contributed by atoms with Crippen LogP contribution in [0.1, 0.15) is 30.9 Å². The number of halogens is 3. The fourth-order valence-corrected chi connectivity index (χ4v) is 2.80. The average molecular weight is 466 g/mol. The van der Waals surface area contributed by atoms with Gasteiger partial charge in [0, 0.05) is 11.1 Å². The summed E-state index contributed by atoms with van der Waals surface area (Å²) >= 11 is 10.2. The van der Waals surface area contributed by atoms with Crippen LogP contribution in [-0.2, 0) is 0 Å². The molecule has 0 fully saturated rings. The molecular formula is C21H22F3N5S2. The summed E-state index contributed by atoms with van der Waals surface area (Å²) < 4.78 is 37.3. The lowest BCUT2D eigenvalue weighted by Gasteiger charge is -2.14. The Morgan fingerprint density at radius 1 is 0.839 bits per heavy atom. The van der Waals surface area contributed by atoms with Crippen LogP contribution in [0.15, 0.2) is 70.9 Å². The fourth-order valence-electron chi connectivity index (χ4n) is 2.43. The number of rotatable bonds is 8. The summed E-state index contributed by atoms with van der Waals surface area (Å²) in [6.07, 6.45) is -2.86. The van der Waals surface area contributed by atoms with Crippen LogP contribution >= 0.6 is 24.4 Å². The van der Waals surface area contributed by atoms with Crippen molar-refractivity contribution in [3.05, 3.63) is 71.8 Å². The van der Waals surface area contributed by atoms with Crippen molar-refractivity contribution in [1.29, 1.82) is 0 Å². The summed E-state index contributed by atoms with van der Waals surface area (Å²) in [5.74, 6) is 0. The molecule has 31 heavy (non-hydrogen) atoms. The van der Waals surface area contributed by atoms with Gasteiger partial charge in [0.25, 0.3) is 0 Å². The molecule has 2 aromatic carbocycles. The maximum Gasteiger partial charge on any atom is 0.405 e. The fraction of sp³-hybridized carbons (Fsp3) is 0.238. The van der Waals surface area contributed by atoms with Gasteiger partial charge in [-0.25, -0.2) is 0 Å². The van der Waals surface area contributed by atoms with Gasteiger partial charge in [-0.1, -0.05) is 79.8 Å². The van der Waals surface area contributed by atoms with Gasteiger partial charge in [0.15, 0.2) is 5.11 Å². The largest absolute Gasteiger partial charge is 0.405 e. The molecule has 10 heteroatoms. The Kier molecular flexibility index (Phi) is 9.54. The zero-order chi connectivity index (χ0) is 22.7. The third-order valence-electron chi connectivity index (χ3n) is 3.81. The third-order valence-corrected chi connectivity index (χ3v) is 4.34. The van der Waals surface area contributed by atoms with Crippen LogP contribution in [0.4, 0.5) is 13.2 Å². The van der Waals surface area contributed by atoms with Crippen LogP contribution in [0.3, 0.4) is 0 Å². The molecule has 0 aliphatic carbocycles. The Hall–Kier alpha value is -2.85. The molecule has 0 spiro atoms. The first-order chi connectivity index (χ1) is 14.8. The van der Waals surface area contributed by atoms with E-state index in [0.717, 1.165) is 12.0 Å². The van der Waals surface area contributed by atoms with Crippen molar-refractivity contribution in [3.63, 3.8) is 0 Å². The molecule has 0 unspecified atom stereocenters. The highest BCUT2D eigenvalue weighted by Crippen LogP contribution is 2.12. The molecule has 0 amide bonds. The van der Waals surface area contributed by atoms with Crippen molar-refractivity contribution in [3.8, 4) is 0 Å². The predicted molar refractivity (Wildman–Crippen MR) is 126 cm³/mol. The maximum absolute atomic E-state index is 12.4. The molecule has 0 radical (unpaired) electrons. The van der Waals surface area contributed by atoms with Gasteiger partial charge in [0.05, 0.1) is 4.99 Å². The first kappa shape index (κ1) is 24.4. The first-order valence-corrected chi connectivity index (χ1v) is 10.3. The van der Waals surface area contributed by atoms with Crippen LogP contribution in [0.25, 0.3) is 0 Å². The van der Waals surface area contributed by atoms with Crippen LogP contribution in [0.2, 0.25) is 0 Å². The highest BCUT2D eigenvalue weighted by atomic mass is 32.1. The smallest absolute Gasteiger partial charge is 0.352 e. The number of nitrogens with zero attached hydrogens (tertiary/aromatic N) is 2. The van der Waals surface area contributed by atoms with Crippen molar-refractivity contribution in [2.75, 3.05) is 6.54 Å². The highest BCUT2D eigenvalue weighted by molar-refractivity contribution is 7.80. The van der Waals surface area contributed by atoms with Crippen molar-refractivity contribution < 1.29 is 13.2 Å². The third kappa shape index (κ3) is 8.81. The lowest BCUT2D eigenvalue weighted by Crippen LogP contribution is -2.39. The lowest BCUT2D eigenvalue weighted by atomic mass is 10.00. The summed E-state index contributed by atoms with van der Waals surface area (Å²) in [6, 6.07) is 18.4. The Labute approximate surface area is 189 Å². The van der Waals surface area contributed by atoms with Crippen molar-refractivity contribution in [2.24, 2.45) is 10.2 Å². The average Bonchev–Trinajstić information content (AvgIpc) is 2.75. The second-order valence-corrected chi connectivity index (χ2v) is 7.25. The van der Waals surface area contributed by atoms with Gasteiger partial charge in [-0.15, -0.1) is 0 Å². The van der Waals surface area contributed by atoms with Gasteiger partial charge in [-0.3, -0.25) is 10.9 Å². The number of benzene rings is 2. The van der Waals surface area contributed by atoms with Crippen molar-refractivity contribution >= 4 is 46.0 Å². The summed E-state index contributed by atoms with van der Waals surface area (Å²) in [6.45, 7) is 0.743. The molecule has 2 aromatic rings. The van der Waals surface area contributed by atoms with Gasteiger partial charge >= 0.3 is 6.18 Å². The molecule has 0 heterocycles. The topological polar surface area (TPSA) is 60.8 Å². The standard InChI is InChI=1S/C21H22F3N5S2/c1-2-9-17(30)26-27-18(15-10-5-3-6-11-15)19(16-12-7-4-8-13-16)28-29-20(31)25-14-21(22,23)24/h3-8,10-13H,2,9,14H2,1H3,(H,26,30)(H2,25,29,31). The molecule has 0 aromatic heterocycles. The Morgan fingerprint density at radius 2 is 1.32 bits per heavy atom. The molecule has 164 valence electrons. The van der Waals surface area contributed by atoms with Crippen LogP contribution in [0.5, 0.6) is 0 Å². The summed E-state index contributed by atoms with van der Waals surface area (Å²) in [5.41, 5.74) is 7.64. The highest BCUT2D eigenvalue weighted by Gasteiger charge is 2.27. The Morgan fingerprint density at radius 3 is 1.77 bits per heavy atom. The van der Waals surface area contributed by atoms with Gasteiger partial charge < -0.3 is 5.32 Å². The second-order valence-electron chi connectivity index (χ2n) is 6.35. The van der Waals surface area contributed by atoms with Gasteiger partial charge in [-0.2, -0.15) is 23.4 Å². The maximum atomic E-state index is 12.4. The minimum atomic E-state index is -4.40. The second kappa shape index (κ2) is 12.1. The van der Waals surface area contributed by atoms with E-state index in [1.54, 1.807) is 0 Å². The molecule has 0 atom stereocenters. The number of hydrogen-bond donors (Lipinski definition) is 3. The summed E-state index contributed by atoms with van der Waals surface area (Å²) in [5, 5.41) is 10.6. The quantitative estimate of drug-likeness (QED) is 0.304. The zero-order valence-corrected chi connectivity index (χ0v) is 18.4. The summed E-state index contributed by atoms with van der Waals surface area (Å²) in [7, 11) is 0. The number of hydrogen-bond acceptors (Lipinski definition) is 4. The van der Waals surface area contributed by atoms with E-state index in [0.29, 0.717) is 28.4 Å². The van der Waals surface area contributed by atoms with E-state index in [-0.39, 0.29) is 5.11 Å². The van der Waals surface area contributed by atoms with Crippen molar-refractivity contribution in [2.45, 2.75) is 25.9 Å². The van der Waals surface area contributed by atoms with Crippen LogP contribution < -0.4 is 16.2 Å². The molecule has 0 aliphatic rings. The van der Waals surface area contributed by atoms with Crippen LogP contribution in [0, 0.1) is 0 Å². The summed E-state index contributed by atoms with van der Waals surface area (Å²) in [4.78, 5) is 0.568. The monoisotopic (exact) mass is 465 g/mol. The molecule has 2 rings (SSSR count). The molecule has 3 N–H and O–H groups in total. The minimum Gasteiger partial charge on any atom is -0.352 e. The van der Waals surface area contributed by atoms with Gasteiger partial charge in [0.2, 0.25) is 0 Å².